The van der Waals surface area contributed by atoms with Crippen molar-refractivity contribution in [3.05, 3.63) is 36.0 Å². The monoisotopic (exact) mass is 288 g/mol. The smallest absolute Gasteiger partial charge is 0.325 e. The standard InChI is InChI=1S/C16H20N2O3/c1-3-21-15(19)10-18-16(20)11(2)8-12-9-17-14-7-5-4-6-13(12)14/h4-7,9,11,17H,3,8,10H2,1-2H3,(H,18,20). The first-order valence-electron chi connectivity index (χ1n) is 7.10. The summed E-state index contributed by atoms with van der Waals surface area (Å²) in [6.45, 7) is 3.83. The van der Waals surface area contributed by atoms with Gasteiger partial charge in [-0.25, -0.2) is 0 Å². The zero-order valence-corrected chi connectivity index (χ0v) is 12.3. The number of hydrogen-bond acceptors (Lipinski definition) is 3. The molecule has 0 bridgehead atoms. The number of aromatic amines is 1. The molecule has 112 valence electrons. The topological polar surface area (TPSA) is 71.2 Å². The molecule has 0 aliphatic heterocycles. The van der Waals surface area contributed by atoms with Crippen molar-refractivity contribution in [1.82, 2.24) is 10.3 Å². The van der Waals surface area contributed by atoms with E-state index >= 15 is 0 Å². The number of aromatic nitrogens is 1. The van der Waals surface area contributed by atoms with Crippen LogP contribution in [0.5, 0.6) is 0 Å². The van der Waals surface area contributed by atoms with E-state index in [2.05, 4.69) is 10.3 Å². The highest BCUT2D eigenvalue weighted by atomic mass is 16.5. The third-order valence-corrected chi connectivity index (χ3v) is 3.36. The molecule has 1 heterocycles. The number of carbonyl (C=O) groups is 2. The fraction of sp³-hybridized carbons (Fsp3) is 0.375. The minimum Gasteiger partial charge on any atom is -0.465 e. The summed E-state index contributed by atoms with van der Waals surface area (Å²) in [6, 6.07) is 7.98. The van der Waals surface area contributed by atoms with Gasteiger partial charge in [0, 0.05) is 23.0 Å². The van der Waals surface area contributed by atoms with Crippen LogP contribution in [0.2, 0.25) is 0 Å². The average molecular weight is 288 g/mol. The summed E-state index contributed by atoms with van der Waals surface area (Å²) >= 11 is 0. The van der Waals surface area contributed by atoms with Crippen LogP contribution in [0.25, 0.3) is 10.9 Å². The Bertz CT molecular complexity index is 633. The molecule has 0 aliphatic carbocycles. The van der Waals surface area contributed by atoms with Gasteiger partial charge in [0.1, 0.15) is 6.54 Å². The van der Waals surface area contributed by atoms with Gasteiger partial charge in [0.25, 0.3) is 0 Å². The Morgan fingerprint density at radius 2 is 2.10 bits per heavy atom. The van der Waals surface area contributed by atoms with E-state index in [-0.39, 0.29) is 18.4 Å². The Balaban J connectivity index is 1.93. The van der Waals surface area contributed by atoms with E-state index in [1.807, 2.05) is 37.4 Å². The molecule has 2 aromatic rings. The van der Waals surface area contributed by atoms with Gasteiger partial charge in [-0.05, 0) is 25.0 Å². The van der Waals surface area contributed by atoms with Crippen LogP contribution in [0.3, 0.4) is 0 Å². The van der Waals surface area contributed by atoms with Crippen LogP contribution in [-0.4, -0.2) is 30.0 Å². The number of carbonyl (C=O) groups excluding carboxylic acids is 2. The number of fused-ring (bicyclic) bond motifs is 1. The summed E-state index contributed by atoms with van der Waals surface area (Å²) in [7, 11) is 0. The third-order valence-electron chi connectivity index (χ3n) is 3.36. The lowest BCUT2D eigenvalue weighted by Gasteiger charge is -2.11. The van der Waals surface area contributed by atoms with E-state index in [9.17, 15) is 9.59 Å². The number of para-hydroxylation sites is 1. The first-order chi connectivity index (χ1) is 10.1. The van der Waals surface area contributed by atoms with Crippen molar-refractivity contribution in [2.24, 2.45) is 5.92 Å². The second-order valence-corrected chi connectivity index (χ2v) is 4.99. The Morgan fingerprint density at radius 1 is 1.33 bits per heavy atom. The van der Waals surface area contributed by atoms with Crippen LogP contribution in [0, 0.1) is 5.92 Å². The molecule has 1 unspecified atom stereocenters. The molecule has 0 aliphatic rings. The van der Waals surface area contributed by atoms with Gasteiger partial charge < -0.3 is 15.0 Å². The molecule has 0 saturated heterocycles. The van der Waals surface area contributed by atoms with E-state index in [0.717, 1.165) is 16.5 Å². The van der Waals surface area contributed by atoms with Gasteiger partial charge in [-0.15, -0.1) is 0 Å². The molecule has 0 radical (unpaired) electrons. The molecule has 0 spiro atoms. The Morgan fingerprint density at radius 3 is 2.86 bits per heavy atom. The summed E-state index contributed by atoms with van der Waals surface area (Å²) in [5.74, 6) is -0.767. The number of hydrogen-bond donors (Lipinski definition) is 2. The summed E-state index contributed by atoms with van der Waals surface area (Å²) < 4.78 is 4.78. The quantitative estimate of drug-likeness (QED) is 0.799. The first kappa shape index (κ1) is 15.1. The molecular weight excluding hydrogens is 268 g/mol. The van der Waals surface area contributed by atoms with Crippen molar-refractivity contribution < 1.29 is 14.3 Å². The maximum absolute atomic E-state index is 12.0. The van der Waals surface area contributed by atoms with Gasteiger partial charge in [0.05, 0.1) is 6.61 Å². The lowest BCUT2D eigenvalue weighted by Crippen LogP contribution is -2.35. The van der Waals surface area contributed by atoms with Crippen molar-refractivity contribution in [3.63, 3.8) is 0 Å². The minimum atomic E-state index is -0.412. The SMILES string of the molecule is CCOC(=O)CNC(=O)C(C)Cc1c[nH]c2ccccc12. The van der Waals surface area contributed by atoms with Crippen molar-refractivity contribution >= 4 is 22.8 Å². The van der Waals surface area contributed by atoms with Crippen LogP contribution >= 0.6 is 0 Å². The van der Waals surface area contributed by atoms with Gasteiger partial charge in [-0.1, -0.05) is 25.1 Å². The zero-order chi connectivity index (χ0) is 15.2. The lowest BCUT2D eigenvalue weighted by molar-refractivity contribution is -0.143. The Labute approximate surface area is 123 Å². The average Bonchev–Trinajstić information content (AvgIpc) is 2.88. The molecule has 1 atom stereocenters. The van der Waals surface area contributed by atoms with E-state index < -0.39 is 5.97 Å². The van der Waals surface area contributed by atoms with Gasteiger partial charge in [-0.2, -0.15) is 0 Å². The second kappa shape index (κ2) is 6.92. The van der Waals surface area contributed by atoms with E-state index in [1.54, 1.807) is 6.92 Å². The fourth-order valence-corrected chi connectivity index (χ4v) is 2.27. The number of ether oxygens (including phenoxy) is 1. The van der Waals surface area contributed by atoms with Crippen molar-refractivity contribution in [2.45, 2.75) is 20.3 Å². The first-order valence-corrected chi connectivity index (χ1v) is 7.10. The van der Waals surface area contributed by atoms with Crippen LogP contribution in [0.1, 0.15) is 19.4 Å². The third kappa shape index (κ3) is 3.84. The normalized spacial score (nSPS) is 12.1. The fourth-order valence-electron chi connectivity index (χ4n) is 2.27. The van der Waals surface area contributed by atoms with Crippen molar-refractivity contribution in [1.29, 1.82) is 0 Å². The van der Waals surface area contributed by atoms with E-state index in [4.69, 9.17) is 4.74 Å². The summed E-state index contributed by atoms with van der Waals surface area (Å²) in [4.78, 5) is 26.4. The molecule has 2 rings (SSSR count). The molecule has 1 aromatic heterocycles. The van der Waals surface area contributed by atoms with Gasteiger partial charge >= 0.3 is 5.97 Å². The number of rotatable bonds is 6. The Hall–Kier alpha value is -2.30. The van der Waals surface area contributed by atoms with Gasteiger partial charge in [0.15, 0.2) is 0 Å². The molecule has 5 nitrogen and oxygen atoms in total. The summed E-state index contributed by atoms with van der Waals surface area (Å²) in [5.41, 5.74) is 2.16. The maximum Gasteiger partial charge on any atom is 0.325 e. The summed E-state index contributed by atoms with van der Waals surface area (Å²) in [6.07, 6.45) is 2.55. The van der Waals surface area contributed by atoms with Crippen LogP contribution in [0.15, 0.2) is 30.5 Å². The highest BCUT2D eigenvalue weighted by molar-refractivity contribution is 5.86. The zero-order valence-electron chi connectivity index (χ0n) is 12.3. The second-order valence-electron chi connectivity index (χ2n) is 4.99. The highest BCUT2D eigenvalue weighted by Gasteiger charge is 2.16. The molecule has 1 amide bonds. The van der Waals surface area contributed by atoms with Crippen LogP contribution < -0.4 is 5.32 Å². The molecule has 1 aromatic carbocycles. The predicted molar refractivity (Wildman–Crippen MR) is 80.8 cm³/mol. The lowest BCUT2D eigenvalue weighted by atomic mass is 10.00. The molecule has 5 heteroatoms. The highest BCUT2D eigenvalue weighted by Crippen LogP contribution is 2.20. The van der Waals surface area contributed by atoms with Crippen molar-refractivity contribution in [2.75, 3.05) is 13.2 Å². The van der Waals surface area contributed by atoms with E-state index in [1.165, 1.54) is 0 Å². The van der Waals surface area contributed by atoms with Gasteiger partial charge in [-0.3, -0.25) is 9.59 Å². The number of benzene rings is 1. The largest absolute Gasteiger partial charge is 0.465 e. The predicted octanol–water partition coefficient (Wildman–Crippen LogP) is 2.03. The number of amides is 1. The molecule has 2 N–H and O–H groups in total. The molecule has 0 fully saturated rings. The van der Waals surface area contributed by atoms with Crippen LogP contribution in [0.4, 0.5) is 0 Å². The number of esters is 1. The number of nitrogens with one attached hydrogen (secondary N) is 2. The van der Waals surface area contributed by atoms with Crippen molar-refractivity contribution in [3.8, 4) is 0 Å². The minimum absolute atomic E-state index is 0.0785. The molecule has 0 saturated carbocycles. The molecular formula is C16H20N2O3. The summed E-state index contributed by atoms with van der Waals surface area (Å²) in [5, 5.41) is 3.73. The van der Waals surface area contributed by atoms with Gasteiger partial charge in [0.2, 0.25) is 5.91 Å². The number of H-pyrrole nitrogens is 1. The molecule has 21 heavy (non-hydrogen) atoms. The van der Waals surface area contributed by atoms with Crippen LogP contribution in [-0.2, 0) is 20.7 Å². The Kier molecular flexibility index (Phi) is 4.98. The van der Waals surface area contributed by atoms with E-state index in [0.29, 0.717) is 13.0 Å². The maximum atomic E-state index is 12.0.